The van der Waals surface area contributed by atoms with Crippen LogP contribution in [0.2, 0.25) is 0 Å². The Morgan fingerprint density at radius 1 is 0.500 bits per heavy atom. The summed E-state index contributed by atoms with van der Waals surface area (Å²) < 4.78 is 2.45. The molecule has 188 valence electrons. The van der Waals surface area contributed by atoms with Gasteiger partial charge in [-0.1, -0.05) is 108 Å². The highest BCUT2D eigenvalue weighted by molar-refractivity contribution is 7.99. The summed E-state index contributed by atoms with van der Waals surface area (Å²) in [5.74, 6) is 0. The third kappa shape index (κ3) is 2.74. The third-order valence-electron chi connectivity index (χ3n) is 8.93. The molecule has 2 heteroatoms. The van der Waals surface area contributed by atoms with Crippen LogP contribution in [-0.4, -0.2) is 4.57 Å². The van der Waals surface area contributed by atoms with Crippen LogP contribution in [0.25, 0.3) is 38.6 Å². The SMILES string of the molecule is Cc1ccc(-n2c3ccccc3c3cc4c(cc32)C2(c3ccccc3Sc3ccccc32)c2ccccc2-4)cc1. The van der Waals surface area contributed by atoms with Gasteiger partial charge in [0.2, 0.25) is 0 Å². The van der Waals surface area contributed by atoms with Crippen molar-refractivity contribution < 1.29 is 0 Å². The summed E-state index contributed by atoms with van der Waals surface area (Å²) in [4.78, 5) is 2.67. The molecule has 1 aliphatic heterocycles. The molecule has 1 spiro atoms. The Morgan fingerprint density at radius 3 is 1.88 bits per heavy atom. The largest absolute Gasteiger partial charge is 0.309 e. The van der Waals surface area contributed by atoms with Gasteiger partial charge in [0.05, 0.1) is 16.4 Å². The van der Waals surface area contributed by atoms with Crippen molar-refractivity contribution in [1.82, 2.24) is 4.57 Å². The van der Waals surface area contributed by atoms with Gasteiger partial charge >= 0.3 is 0 Å². The lowest BCUT2D eigenvalue weighted by atomic mass is 9.67. The first-order chi connectivity index (χ1) is 19.7. The molecular weight excluding hydrogens is 502 g/mol. The van der Waals surface area contributed by atoms with Gasteiger partial charge in [0, 0.05) is 26.3 Å². The van der Waals surface area contributed by atoms with E-state index in [0.29, 0.717) is 0 Å². The van der Waals surface area contributed by atoms with E-state index in [1.807, 2.05) is 11.8 Å². The molecule has 0 amide bonds. The number of nitrogens with zero attached hydrogens (tertiary/aromatic N) is 1. The summed E-state index contributed by atoms with van der Waals surface area (Å²) in [7, 11) is 0. The first kappa shape index (κ1) is 22.3. The maximum absolute atomic E-state index is 2.51. The van der Waals surface area contributed by atoms with Crippen LogP contribution in [0.4, 0.5) is 0 Å². The number of rotatable bonds is 1. The highest BCUT2D eigenvalue weighted by atomic mass is 32.2. The molecule has 7 aromatic rings. The number of benzene rings is 6. The van der Waals surface area contributed by atoms with E-state index in [2.05, 4.69) is 145 Å². The molecule has 40 heavy (non-hydrogen) atoms. The molecule has 0 saturated heterocycles. The zero-order chi connectivity index (χ0) is 26.4. The zero-order valence-corrected chi connectivity index (χ0v) is 22.9. The Hall–Kier alpha value is -4.53. The smallest absolute Gasteiger partial charge is 0.0736 e. The van der Waals surface area contributed by atoms with E-state index >= 15 is 0 Å². The van der Waals surface area contributed by atoms with Crippen molar-refractivity contribution in [2.45, 2.75) is 22.1 Å². The Morgan fingerprint density at radius 2 is 1.12 bits per heavy atom. The average molecular weight is 528 g/mol. The summed E-state index contributed by atoms with van der Waals surface area (Å²) in [6.45, 7) is 2.15. The fourth-order valence-corrected chi connectivity index (χ4v) is 8.48. The van der Waals surface area contributed by atoms with Crippen molar-refractivity contribution in [3.8, 4) is 16.8 Å². The van der Waals surface area contributed by atoms with Gasteiger partial charge in [0.25, 0.3) is 0 Å². The normalized spacial score (nSPS) is 14.2. The second-order valence-corrected chi connectivity index (χ2v) is 12.1. The van der Waals surface area contributed by atoms with Crippen LogP contribution in [0, 0.1) is 6.92 Å². The molecule has 1 aromatic heterocycles. The molecule has 0 atom stereocenters. The highest BCUT2D eigenvalue weighted by Gasteiger charge is 2.50. The summed E-state index contributed by atoms with van der Waals surface area (Å²) in [5, 5.41) is 2.59. The monoisotopic (exact) mass is 527 g/mol. The average Bonchev–Trinajstić information content (AvgIpc) is 3.47. The molecule has 9 rings (SSSR count). The van der Waals surface area contributed by atoms with Gasteiger partial charge in [0.15, 0.2) is 0 Å². The van der Waals surface area contributed by atoms with E-state index in [4.69, 9.17) is 0 Å². The van der Waals surface area contributed by atoms with E-state index < -0.39 is 0 Å². The van der Waals surface area contributed by atoms with Crippen molar-refractivity contribution in [3.05, 3.63) is 161 Å². The van der Waals surface area contributed by atoms with Crippen LogP contribution in [0.3, 0.4) is 0 Å². The Labute approximate surface area is 237 Å². The van der Waals surface area contributed by atoms with Crippen LogP contribution in [0.1, 0.15) is 27.8 Å². The molecule has 0 unspecified atom stereocenters. The Kier molecular flexibility index (Phi) is 4.46. The number of hydrogen-bond acceptors (Lipinski definition) is 1. The number of fused-ring (bicyclic) bond motifs is 12. The number of hydrogen-bond donors (Lipinski definition) is 0. The van der Waals surface area contributed by atoms with E-state index in [-0.39, 0.29) is 5.41 Å². The molecule has 0 saturated carbocycles. The van der Waals surface area contributed by atoms with Crippen molar-refractivity contribution >= 4 is 33.6 Å². The summed E-state index contributed by atoms with van der Waals surface area (Å²) >= 11 is 1.90. The van der Waals surface area contributed by atoms with Crippen LogP contribution in [-0.2, 0) is 5.41 Å². The van der Waals surface area contributed by atoms with Crippen molar-refractivity contribution in [1.29, 1.82) is 0 Å². The van der Waals surface area contributed by atoms with Gasteiger partial charge in [-0.2, -0.15) is 0 Å². The molecule has 6 aromatic carbocycles. The Balaban J connectivity index is 1.49. The predicted octanol–water partition coefficient (Wildman–Crippen LogP) is 9.92. The number of para-hydroxylation sites is 1. The summed E-state index contributed by atoms with van der Waals surface area (Å²) in [6.07, 6.45) is 0. The maximum Gasteiger partial charge on any atom is 0.0736 e. The predicted molar refractivity (Wildman–Crippen MR) is 167 cm³/mol. The van der Waals surface area contributed by atoms with E-state index in [0.717, 1.165) is 0 Å². The van der Waals surface area contributed by atoms with Gasteiger partial charge in [-0.05, 0) is 82.8 Å². The minimum atomic E-state index is -0.368. The van der Waals surface area contributed by atoms with Crippen molar-refractivity contribution in [2.75, 3.05) is 0 Å². The van der Waals surface area contributed by atoms with Gasteiger partial charge < -0.3 is 4.57 Å². The molecular formula is C38H25NS. The van der Waals surface area contributed by atoms with Crippen LogP contribution in [0.15, 0.2) is 143 Å². The molecule has 1 nitrogen and oxygen atoms in total. The fraction of sp³-hybridized carbons (Fsp3) is 0.0526. The topological polar surface area (TPSA) is 4.93 Å². The van der Waals surface area contributed by atoms with E-state index in [9.17, 15) is 0 Å². The number of aromatic nitrogens is 1. The first-order valence-corrected chi connectivity index (χ1v) is 14.7. The van der Waals surface area contributed by atoms with E-state index in [1.165, 1.54) is 76.2 Å². The van der Waals surface area contributed by atoms with Crippen LogP contribution in [0.5, 0.6) is 0 Å². The lowest BCUT2D eigenvalue weighted by Gasteiger charge is -2.39. The summed E-state index contributed by atoms with van der Waals surface area (Å²) in [6, 6.07) is 49.9. The van der Waals surface area contributed by atoms with Crippen LogP contribution < -0.4 is 0 Å². The molecule has 0 radical (unpaired) electrons. The second kappa shape index (κ2) is 8.00. The number of aryl methyl sites for hydroxylation is 1. The molecule has 0 fully saturated rings. The van der Waals surface area contributed by atoms with Crippen molar-refractivity contribution in [2.24, 2.45) is 0 Å². The lowest BCUT2D eigenvalue weighted by molar-refractivity contribution is 0.723. The Bertz CT molecular complexity index is 2100. The minimum Gasteiger partial charge on any atom is -0.309 e. The highest BCUT2D eigenvalue weighted by Crippen LogP contribution is 2.62. The second-order valence-electron chi connectivity index (χ2n) is 11.0. The zero-order valence-electron chi connectivity index (χ0n) is 22.1. The van der Waals surface area contributed by atoms with Gasteiger partial charge in [-0.25, -0.2) is 0 Å². The molecule has 2 aliphatic rings. The molecule has 0 N–H and O–H groups in total. The molecule has 1 aliphatic carbocycles. The van der Waals surface area contributed by atoms with Crippen molar-refractivity contribution in [3.63, 3.8) is 0 Å². The third-order valence-corrected chi connectivity index (χ3v) is 10.1. The van der Waals surface area contributed by atoms with Crippen LogP contribution >= 0.6 is 11.8 Å². The summed E-state index contributed by atoms with van der Waals surface area (Å²) in [5.41, 5.74) is 12.8. The standard InChI is InChI=1S/C38H25NS/c1-24-18-20-25(21-19-24)39-34-15-7-3-11-27(34)29-22-28-26-10-2-4-12-30(26)38(33(28)23-35(29)39)31-13-5-8-16-36(31)40-37-17-9-6-14-32(37)38/h2-23H,1H3. The van der Waals surface area contributed by atoms with Gasteiger partial charge in [0.1, 0.15) is 0 Å². The van der Waals surface area contributed by atoms with Gasteiger partial charge in [-0.15, -0.1) is 0 Å². The minimum absolute atomic E-state index is 0.368. The quantitative estimate of drug-likeness (QED) is 0.206. The fourth-order valence-electron chi connectivity index (χ4n) is 7.29. The van der Waals surface area contributed by atoms with Gasteiger partial charge in [-0.3, -0.25) is 0 Å². The molecule has 0 bridgehead atoms. The molecule has 2 heterocycles. The maximum atomic E-state index is 2.51. The van der Waals surface area contributed by atoms with E-state index in [1.54, 1.807) is 0 Å². The first-order valence-electron chi connectivity index (χ1n) is 13.9. The lowest BCUT2D eigenvalue weighted by Crippen LogP contribution is -2.31.